The molecule has 2 heterocycles. The maximum absolute atomic E-state index is 13.0. The maximum atomic E-state index is 13.0. The highest BCUT2D eigenvalue weighted by molar-refractivity contribution is 5.98. The third-order valence-electron chi connectivity index (χ3n) is 5.74. The first-order valence-corrected chi connectivity index (χ1v) is 11.6. The molecule has 4 unspecified atom stereocenters. The molecule has 1 saturated heterocycles. The largest absolute Gasteiger partial charge is 0.503 e. The Bertz CT molecular complexity index is 1110. The number of ether oxygens (including phenoxy) is 5. The van der Waals surface area contributed by atoms with Gasteiger partial charge in [0, 0.05) is 18.2 Å². The number of esters is 2. The molecule has 198 valence electrons. The summed E-state index contributed by atoms with van der Waals surface area (Å²) in [7, 11) is 2.59. The molecular formula is C26H30N2O9. The van der Waals surface area contributed by atoms with Gasteiger partial charge >= 0.3 is 11.9 Å². The molecule has 1 aliphatic rings. The van der Waals surface area contributed by atoms with E-state index < -0.39 is 41.8 Å². The average molecular weight is 515 g/mol. The van der Waals surface area contributed by atoms with Crippen LogP contribution in [0.15, 0.2) is 54.9 Å². The molecule has 11 nitrogen and oxygen atoms in total. The van der Waals surface area contributed by atoms with Crippen molar-refractivity contribution in [3.8, 4) is 11.5 Å². The van der Waals surface area contributed by atoms with Gasteiger partial charge in [-0.1, -0.05) is 30.3 Å². The molecule has 4 atom stereocenters. The van der Waals surface area contributed by atoms with E-state index in [-0.39, 0.29) is 30.6 Å². The third kappa shape index (κ3) is 7.43. The summed E-state index contributed by atoms with van der Waals surface area (Å²) in [4.78, 5) is 41.1. The Morgan fingerprint density at radius 2 is 1.95 bits per heavy atom. The molecule has 2 N–H and O–H groups in total. The van der Waals surface area contributed by atoms with Gasteiger partial charge < -0.3 is 34.1 Å². The Morgan fingerprint density at radius 3 is 2.65 bits per heavy atom. The monoisotopic (exact) mass is 514 g/mol. The van der Waals surface area contributed by atoms with Crippen molar-refractivity contribution < 1.29 is 43.2 Å². The normalized spacial score (nSPS) is 22.2. The van der Waals surface area contributed by atoms with Crippen LogP contribution in [-0.4, -0.2) is 73.6 Å². The van der Waals surface area contributed by atoms with Gasteiger partial charge in [-0.25, -0.2) is 14.6 Å². The van der Waals surface area contributed by atoms with Crippen LogP contribution in [0.2, 0.25) is 0 Å². The number of benzene rings is 1. The molecule has 11 heteroatoms. The molecule has 0 bridgehead atoms. The quantitative estimate of drug-likeness (QED) is 0.304. The van der Waals surface area contributed by atoms with Gasteiger partial charge in [0.2, 0.25) is 0 Å². The molecule has 3 rings (SSSR count). The molecule has 0 spiro atoms. The number of cyclic esters (lactones) is 1. The number of pyridine rings is 1. The predicted octanol–water partition coefficient (Wildman–Crippen LogP) is 1.79. The predicted molar refractivity (Wildman–Crippen MR) is 130 cm³/mol. The number of aromatic nitrogens is 1. The lowest BCUT2D eigenvalue weighted by Gasteiger charge is -2.30. The number of aromatic hydroxyl groups is 1. The number of methoxy groups -OCH3 is 2. The smallest absolute Gasteiger partial charge is 0.333 e. The van der Waals surface area contributed by atoms with E-state index in [2.05, 4.69) is 15.0 Å². The zero-order valence-electron chi connectivity index (χ0n) is 20.8. The number of hydrogen-bond donors (Lipinski definition) is 2. The van der Waals surface area contributed by atoms with Gasteiger partial charge in [-0.2, -0.15) is 0 Å². The highest BCUT2D eigenvalue weighted by Gasteiger charge is 2.36. The Labute approximate surface area is 214 Å². The fourth-order valence-corrected chi connectivity index (χ4v) is 3.88. The first-order chi connectivity index (χ1) is 17.8. The van der Waals surface area contributed by atoms with Crippen molar-refractivity contribution >= 4 is 17.8 Å². The summed E-state index contributed by atoms with van der Waals surface area (Å²) in [5, 5.41) is 12.7. The fourth-order valence-electron chi connectivity index (χ4n) is 3.88. The van der Waals surface area contributed by atoms with Gasteiger partial charge in [0.15, 0.2) is 23.2 Å². The van der Waals surface area contributed by atoms with Gasteiger partial charge in [-0.3, -0.25) is 4.79 Å². The fraction of sp³-hybridized carbons (Fsp3) is 0.385. The van der Waals surface area contributed by atoms with Gasteiger partial charge in [0.25, 0.3) is 5.91 Å². The molecular weight excluding hydrogens is 484 g/mol. The second kappa shape index (κ2) is 13.3. The molecule has 1 aromatic carbocycles. The van der Waals surface area contributed by atoms with Crippen LogP contribution in [0, 0.1) is 5.92 Å². The van der Waals surface area contributed by atoms with E-state index in [9.17, 15) is 19.5 Å². The van der Waals surface area contributed by atoms with E-state index in [1.165, 1.54) is 32.7 Å². The second-order valence-corrected chi connectivity index (χ2v) is 8.29. The summed E-state index contributed by atoms with van der Waals surface area (Å²) in [5.74, 6) is -2.82. The molecule has 0 aliphatic carbocycles. The van der Waals surface area contributed by atoms with Crippen molar-refractivity contribution in [2.75, 3.05) is 27.4 Å². The van der Waals surface area contributed by atoms with Crippen LogP contribution in [0.1, 0.15) is 23.0 Å². The zero-order chi connectivity index (χ0) is 26.8. The third-order valence-corrected chi connectivity index (χ3v) is 5.74. The van der Waals surface area contributed by atoms with Crippen LogP contribution in [0.4, 0.5) is 0 Å². The van der Waals surface area contributed by atoms with Crippen molar-refractivity contribution in [1.82, 2.24) is 10.3 Å². The molecule has 37 heavy (non-hydrogen) atoms. The summed E-state index contributed by atoms with van der Waals surface area (Å²) in [6.45, 7) is 1.64. The highest BCUT2D eigenvalue weighted by atomic mass is 16.6. The molecule has 1 amide bonds. The summed E-state index contributed by atoms with van der Waals surface area (Å²) < 4.78 is 26.9. The van der Waals surface area contributed by atoms with E-state index in [1.54, 1.807) is 6.92 Å². The van der Waals surface area contributed by atoms with Crippen LogP contribution in [0.25, 0.3) is 0 Å². The number of carbonyl (C=O) groups is 3. The number of carbonyl (C=O) groups excluding carboxylic acids is 3. The number of nitrogens with one attached hydrogen (secondary N) is 1. The van der Waals surface area contributed by atoms with Crippen molar-refractivity contribution in [1.29, 1.82) is 0 Å². The average Bonchev–Trinajstić information content (AvgIpc) is 2.94. The number of amides is 1. The molecule has 1 fully saturated rings. The van der Waals surface area contributed by atoms with Crippen molar-refractivity contribution in [3.63, 3.8) is 0 Å². The Kier molecular flexibility index (Phi) is 9.84. The van der Waals surface area contributed by atoms with Gasteiger partial charge in [-0.15, -0.1) is 0 Å². The van der Waals surface area contributed by atoms with Crippen molar-refractivity contribution in [2.45, 2.75) is 31.6 Å². The minimum atomic E-state index is -1.18. The summed E-state index contributed by atoms with van der Waals surface area (Å²) >= 11 is 0. The lowest BCUT2D eigenvalue weighted by Crippen LogP contribution is -2.46. The summed E-state index contributed by atoms with van der Waals surface area (Å²) in [6, 6.07) is 9.87. The lowest BCUT2D eigenvalue weighted by molar-refractivity contribution is -0.157. The Balaban J connectivity index is 1.79. The Hall–Kier alpha value is -4.12. The van der Waals surface area contributed by atoms with E-state index in [4.69, 9.17) is 18.9 Å². The second-order valence-electron chi connectivity index (χ2n) is 8.29. The first-order valence-electron chi connectivity index (χ1n) is 11.6. The number of rotatable bonds is 8. The molecule has 1 aliphatic heterocycles. The number of nitrogens with zero attached hydrogens (tertiary/aromatic N) is 1. The van der Waals surface area contributed by atoms with E-state index in [0.717, 1.165) is 11.6 Å². The zero-order valence-corrected chi connectivity index (χ0v) is 20.8. The Morgan fingerprint density at radius 1 is 1.19 bits per heavy atom. The molecule has 2 aromatic rings. The standard InChI is InChI=1S/C26H30N2O9/c1-16-24(36-12-10-21(29)34-3)18(13-17-7-5-4-6-8-17)14-35-15-19(26(32)37-16)28-25(31)22-23(30)20(33-2)9-11-27-22/h4-12,16,18-19,24,30H,13-15H2,1-3H3,(H,28,31). The SMILES string of the molecule is COC(=O)C=COC1C(Cc2ccccc2)COCC(NC(=O)c2nccc(OC)c2O)C(=O)OC1C. The van der Waals surface area contributed by atoms with Crippen LogP contribution in [-0.2, 0) is 35.0 Å². The summed E-state index contributed by atoms with van der Waals surface area (Å²) in [6.07, 6.45) is 2.71. The van der Waals surface area contributed by atoms with Crippen molar-refractivity contribution in [3.05, 3.63) is 66.2 Å². The van der Waals surface area contributed by atoms with Crippen molar-refractivity contribution in [2.24, 2.45) is 5.92 Å². The molecule has 1 aromatic heterocycles. The van der Waals surface area contributed by atoms with Crippen LogP contribution < -0.4 is 10.1 Å². The minimum Gasteiger partial charge on any atom is -0.503 e. The van der Waals surface area contributed by atoms with E-state index in [0.29, 0.717) is 6.42 Å². The van der Waals surface area contributed by atoms with E-state index in [1.807, 2.05) is 30.3 Å². The highest BCUT2D eigenvalue weighted by Crippen LogP contribution is 2.28. The first kappa shape index (κ1) is 27.5. The summed E-state index contributed by atoms with van der Waals surface area (Å²) in [5.41, 5.74) is 0.708. The minimum absolute atomic E-state index is 0.0609. The maximum Gasteiger partial charge on any atom is 0.333 e. The van der Waals surface area contributed by atoms with Gasteiger partial charge in [0.1, 0.15) is 12.2 Å². The van der Waals surface area contributed by atoms with Crippen LogP contribution in [0.3, 0.4) is 0 Å². The van der Waals surface area contributed by atoms with Crippen LogP contribution in [0.5, 0.6) is 11.5 Å². The molecule has 0 radical (unpaired) electrons. The molecule has 0 saturated carbocycles. The van der Waals surface area contributed by atoms with Gasteiger partial charge in [0.05, 0.1) is 39.8 Å². The number of hydrogen-bond acceptors (Lipinski definition) is 10. The van der Waals surface area contributed by atoms with Gasteiger partial charge in [-0.05, 0) is 18.9 Å². The van der Waals surface area contributed by atoms with E-state index >= 15 is 0 Å². The topological polar surface area (TPSA) is 143 Å². The van der Waals surface area contributed by atoms with Crippen LogP contribution >= 0.6 is 0 Å². The lowest BCUT2D eigenvalue weighted by atomic mass is 9.91.